The first-order chi connectivity index (χ1) is 7.54. The maximum atomic E-state index is 10.9. The van der Waals surface area contributed by atoms with Crippen LogP contribution in [0.15, 0.2) is 18.2 Å². The van der Waals surface area contributed by atoms with Crippen LogP contribution in [0.3, 0.4) is 0 Å². The number of rotatable bonds is 5. The van der Waals surface area contributed by atoms with E-state index in [0.717, 1.165) is 11.4 Å². The molecule has 0 saturated heterocycles. The highest BCUT2D eigenvalue weighted by Crippen LogP contribution is 2.07. The van der Waals surface area contributed by atoms with Crippen LogP contribution < -0.4 is 0 Å². The first kappa shape index (κ1) is 12.6. The van der Waals surface area contributed by atoms with Crippen LogP contribution in [-0.4, -0.2) is 33.5 Å². The van der Waals surface area contributed by atoms with Crippen LogP contribution in [-0.2, 0) is 11.3 Å². The Kier molecular flexibility index (Phi) is 4.43. The molecule has 0 bridgehead atoms. The highest BCUT2D eigenvalue weighted by atomic mass is 16.4. The number of carboxylic acids is 1. The van der Waals surface area contributed by atoms with E-state index in [4.69, 9.17) is 5.11 Å². The summed E-state index contributed by atoms with van der Waals surface area (Å²) in [5.41, 5.74) is 1.87. The summed E-state index contributed by atoms with van der Waals surface area (Å²) in [6.45, 7) is 6.85. The third-order valence-corrected chi connectivity index (χ3v) is 2.62. The van der Waals surface area contributed by atoms with Gasteiger partial charge in [-0.15, -0.1) is 0 Å². The van der Waals surface area contributed by atoms with Gasteiger partial charge in [-0.05, 0) is 32.5 Å². The minimum absolute atomic E-state index is 0.479. The molecule has 0 amide bonds. The van der Waals surface area contributed by atoms with Crippen LogP contribution in [0, 0.1) is 6.92 Å². The molecule has 16 heavy (non-hydrogen) atoms. The molecule has 0 fully saturated rings. The summed E-state index contributed by atoms with van der Waals surface area (Å²) in [6.07, 6.45) is 0. The molecule has 1 rings (SSSR count). The summed E-state index contributed by atoms with van der Waals surface area (Å²) in [5.74, 6) is -0.797. The summed E-state index contributed by atoms with van der Waals surface area (Å²) in [7, 11) is 0. The van der Waals surface area contributed by atoms with Crippen molar-refractivity contribution in [3.63, 3.8) is 0 Å². The molecule has 1 N–H and O–H groups in total. The molecule has 88 valence electrons. The van der Waals surface area contributed by atoms with E-state index in [1.165, 1.54) is 0 Å². The van der Waals surface area contributed by atoms with Crippen LogP contribution in [0.1, 0.15) is 25.2 Å². The van der Waals surface area contributed by atoms with E-state index in [1.807, 2.05) is 36.9 Å². The van der Waals surface area contributed by atoms with Gasteiger partial charge in [0.15, 0.2) is 0 Å². The fourth-order valence-electron chi connectivity index (χ4n) is 1.57. The number of pyridine rings is 1. The maximum Gasteiger partial charge on any atom is 0.320 e. The molecule has 0 radical (unpaired) electrons. The third kappa shape index (κ3) is 3.31. The molecule has 1 atom stereocenters. The van der Waals surface area contributed by atoms with E-state index in [1.54, 1.807) is 6.92 Å². The Morgan fingerprint density at radius 3 is 2.75 bits per heavy atom. The lowest BCUT2D eigenvalue weighted by Gasteiger charge is -2.24. The van der Waals surface area contributed by atoms with Gasteiger partial charge in [0.1, 0.15) is 6.04 Å². The number of carbonyl (C=O) groups is 1. The predicted octanol–water partition coefficient (Wildman–Crippen LogP) is 1.69. The summed E-state index contributed by atoms with van der Waals surface area (Å²) < 4.78 is 0. The van der Waals surface area contributed by atoms with E-state index in [9.17, 15) is 4.79 Å². The van der Waals surface area contributed by atoms with Gasteiger partial charge < -0.3 is 5.11 Å². The van der Waals surface area contributed by atoms with Crippen molar-refractivity contribution >= 4 is 5.97 Å². The van der Waals surface area contributed by atoms with E-state index in [2.05, 4.69) is 4.98 Å². The van der Waals surface area contributed by atoms with Gasteiger partial charge in [-0.25, -0.2) is 0 Å². The Hall–Kier alpha value is -1.42. The van der Waals surface area contributed by atoms with Gasteiger partial charge >= 0.3 is 5.97 Å². The Balaban J connectivity index is 2.74. The van der Waals surface area contributed by atoms with Crippen molar-refractivity contribution in [2.75, 3.05) is 6.54 Å². The maximum absolute atomic E-state index is 10.9. The molecule has 4 heteroatoms. The highest BCUT2D eigenvalue weighted by molar-refractivity contribution is 5.72. The second kappa shape index (κ2) is 5.61. The summed E-state index contributed by atoms with van der Waals surface area (Å²) in [6, 6.07) is 5.31. The Morgan fingerprint density at radius 1 is 1.56 bits per heavy atom. The lowest BCUT2D eigenvalue weighted by Crippen LogP contribution is -2.38. The van der Waals surface area contributed by atoms with Crippen molar-refractivity contribution in [1.82, 2.24) is 9.88 Å². The topological polar surface area (TPSA) is 53.4 Å². The first-order valence-corrected chi connectivity index (χ1v) is 5.44. The predicted molar refractivity (Wildman–Crippen MR) is 62.2 cm³/mol. The first-order valence-electron chi connectivity index (χ1n) is 5.44. The minimum atomic E-state index is -0.797. The number of aromatic nitrogens is 1. The summed E-state index contributed by atoms with van der Waals surface area (Å²) in [4.78, 5) is 17.1. The molecular formula is C12H18N2O2. The van der Waals surface area contributed by atoms with Crippen LogP contribution in [0.5, 0.6) is 0 Å². The second-order valence-electron chi connectivity index (χ2n) is 3.85. The largest absolute Gasteiger partial charge is 0.480 e. The molecule has 1 heterocycles. The van der Waals surface area contributed by atoms with Crippen molar-refractivity contribution in [3.05, 3.63) is 29.6 Å². The van der Waals surface area contributed by atoms with Crippen molar-refractivity contribution in [2.24, 2.45) is 0 Å². The number of carboxylic acid groups (broad SMARTS) is 1. The van der Waals surface area contributed by atoms with E-state index in [0.29, 0.717) is 13.1 Å². The summed E-state index contributed by atoms with van der Waals surface area (Å²) >= 11 is 0. The zero-order valence-electron chi connectivity index (χ0n) is 9.97. The van der Waals surface area contributed by atoms with Crippen LogP contribution in [0.4, 0.5) is 0 Å². The standard InChI is InChI=1S/C12H18N2O2/c1-4-14(10(3)12(15)16)8-11-7-5-6-9(2)13-11/h5-7,10H,4,8H2,1-3H3,(H,15,16). The molecule has 0 aromatic carbocycles. The Morgan fingerprint density at radius 2 is 2.25 bits per heavy atom. The van der Waals surface area contributed by atoms with E-state index in [-0.39, 0.29) is 0 Å². The molecule has 1 unspecified atom stereocenters. The number of hydrogen-bond acceptors (Lipinski definition) is 3. The monoisotopic (exact) mass is 222 g/mol. The number of nitrogens with zero attached hydrogens (tertiary/aromatic N) is 2. The lowest BCUT2D eigenvalue weighted by atomic mass is 10.2. The van der Waals surface area contributed by atoms with Crippen molar-refractivity contribution in [3.8, 4) is 0 Å². The zero-order valence-corrected chi connectivity index (χ0v) is 9.97. The minimum Gasteiger partial charge on any atom is -0.480 e. The molecule has 4 nitrogen and oxygen atoms in total. The zero-order chi connectivity index (χ0) is 12.1. The molecule has 0 aliphatic rings. The van der Waals surface area contributed by atoms with Crippen molar-refractivity contribution in [1.29, 1.82) is 0 Å². The number of aliphatic carboxylic acids is 1. The van der Waals surface area contributed by atoms with E-state index >= 15 is 0 Å². The molecule has 0 saturated carbocycles. The van der Waals surface area contributed by atoms with Crippen molar-refractivity contribution < 1.29 is 9.90 Å². The smallest absolute Gasteiger partial charge is 0.320 e. The van der Waals surface area contributed by atoms with E-state index < -0.39 is 12.0 Å². The number of hydrogen-bond donors (Lipinski definition) is 1. The van der Waals surface area contributed by atoms with Gasteiger partial charge in [-0.3, -0.25) is 14.7 Å². The Labute approximate surface area is 95.9 Å². The van der Waals surface area contributed by atoms with Crippen LogP contribution in [0.2, 0.25) is 0 Å². The molecule has 1 aromatic heterocycles. The van der Waals surface area contributed by atoms with Gasteiger partial charge in [0.05, 0.1) is 5.69 Å². The fourth-order valence-corrected chi connectivity index (χ4v) is 1.57. The van der Waals surface area contributed by atoms with Crippen molar-refractivity contribution in [2.45, 2.75) is 33.4 Å². The third-order valence-electron chi connectivity index (χ3n) is 2.62. The fraction of sp³-hybridized carbons (Fsp3) is 0.500. The molecule has 0 spiro atoms. The van der Waals surface area contributed by atoms with Crippen LogP contribution in [0.25, 0.3) is 0 Å². The van der Waals surface area contributed by atoms with Gasteiger partial charge in [0.2, 0.25) is 0 Å². The number of aryl methyl sites for hydroxylation is 1. The molecular weight excluding hydrogens is 204 g/mol. The normalized spacial score (nSPS) is 12.8. The van der Waals surface area contributed by atoms with Gasteiger partial charge in [-0.2, -0.15) is 0 Å². The second-order valence-corrected chi connectivity index (χ2v) is 3.85. The molecule has 0 aliphatic heterocycles. The lowest BCUT2D eigenvalue weighted by molar-refractivity contribution is -0.142. The van der Waals surface area contributed by atoms with Crippen LogP contribution >= 0.6 is 0 Å². The average Bonchev–Trinajstić information content (AvgIpc) is 2.25. The van der Waals surface area contributed by atoms with Gasteiger partial charge in [-0.1, -0.05) is 13.0 Å². The average molecular weight is 222 g/mol. The quantitative estimate of drug-likeness (QED) is 0.823. The van der Waals surface area contributed by atoms with Gasteiger partial charge in [0, 0.05) is 12.2 Å². The molecule has 0 aliphatic carbocycles. The summed E-state index contributed by atoms with van der Waals surface area (Å²) in [5, 5.41) is 8.95. The molecule has 1 aromatic rings. The highest BCUT2D eigenvalue weighted by Gasteiger charge is 2.19. The SMILES string of the molecule is CCN(Cc1cccc(C)n1)C(C)C(=O)O. The number of likely N-dealkylation sites (N-methyl/N-ethyl adjacent to an activating group) is 1. The Bertz CT molecular complexity index is 366. The van der Waals surface area contributed by atoms with Gasteiger partial charge in [0.25, 0.3) is 0 Å².